The molecule has 2 aromatic rings. The molecule has 0 spiro atoms. The Hall–Kier alpha value is -3.10. The zero-order valence-electron chi connectivity index (χ0n) is 14.1. The van der Waals surface area contributed by atoms with Gasteiger partial charge in [0.1, 0.15) is 11.6 Å². The van der Waals surface area contributed by atoms with Gasteiger partial charge in [0.05, 0.1) is 12.0 Å². The summed E-state index contributed by atoms with van der Waals surface area (Å²) >= 11 is 0. The van der Waals surface area contributed by atoms with Crippen LogP contribution in [0.4, 0.5) is 17.6 Å². The van der Waals surface area contributed by atoms with Crippen molar-refractivity contribution in [1.82, 2.24) is 10.9 Å². The van der Waals surface area contributed by atoms with Gasteiger partial charge in [-0.3, -0.25) is 20.4 Å². The van der Waals surface area contributed by atoms with Gasteiger partial charge in [-0.15, -0.1) is 0 Å². The van der Waals surface area contributed by atoms with Crippen LogP contribution in [0.3, 0.4) is 0 Å². The zero-order valence-corrected chi connectivity index (χ0v) is 14.1. The monoisotopic (exact) mass is 384 g/mol. The van der Waals surface area contributed by atoms with Gasteiger partial charge < -0.3 is 4.74 Å². The molecule has 2 amide bonds. The third-order valence-electron chi connectivity index (χ3n) is 3.47. The molecule has 1 unspecified atom stereocenters. The fraction of sp³-hybridized carbons (Fsp3) is 0.222. The number of alkyl halides is 3. The zero-order chi connectivity index (χ0) is 20.0. The highest BCUT2D eigenvalue weighted by molar-refractivity contribution is 5.85. The van der Waals surface area contributed by atoms with Gasteiger partial charge in [0.15, 0.2) is 6.10 Å². The summed E-state index contributed by atoms with van der Waals surface area (Å²) in [6.45, 7) is 1.43. The van der Waals surface area contributed by atoms with Gasteiger partial charge in [0.2, 0.25) is 5.91 Å². The molecule has 0 saturated heterocycles. The summed E-state index contributed by atoms with van der Waals surface area (Å²) in [4.78, 5) is 23.7. The molecule has 0 aliphatic rings. The number of ether oxygens (including phenoxy) is 1. The van der Waals surface area contributed by atoms with Crippen molar-refractivity contribution in [2.45, 2.75) is 25.6 Å². The molecular weight excluding hydrogens is 368 g/mol. The van der Waals surface area contributed by atoms with Crippen LogP contribution in [0.2, 0.25) is 0 Å². The van der Waals surface area contributed by atoms with Crippen LogP contribution in [-0.4, -0.2) is 17.9 Å². The molecule has 5 nitrogen and oxygen atoms in total. The fourth-order valence-corrected chi connectivity index (χ4v) is 2.04. The molecule has 0 aliphatic carbocycles. The first kappa shape index (κ1) is 20.2. The Morgan fingerprint density at radius 1 is 1.00 bits per heavy atom. The third kappa shape index (κ3) is 6.28. The summed E-state index contributed by atoms with van der Waals surface area (Å²) in [7, 11) is 0. The standard InChI is InChI=1S/C18H16F4N2O3/c1-11(27-15-8-6-14(19)7-9-15)17(26)24-23-16(25)10-12-2-4-13(5-3-12)18(20,21)22/h2-9,11H,10H2,1H3,(H,23,25)(H,24,26). The van der Waals surface area contributed by atoms with Crippen LogP contribution < -0.4 is 15.6 Å². The molecule has 1 atom stereocenters. The molecule has 0 saturated carbocycles. The number of benzene rings is 2. The van der Waals surface area contributed by atoms with Crippen molar-refractivity contribution in [3.05, 3.63) is 65.5 Å². The number of hydrazine groups is 1. The van der Waals surface area contributed by atoms with Gasteiger partial charge in [0, 0.05) is 0 Å². The Labute approximate surface area is 152 Å². The van der Waals surface area contributed by atoms with E-state index in [0.29, 0.717) is 5.56 Å². The molecule has 0 fully saturated rings. The molecule has 0 radical (unpaired) electrons. The normalized spacial score (nSPS) is 12.2. The Balaban J connectivity index is 1.80. The maximum Gasteiger partial charge on any atom is 0.416 e. The highest BCUT2D eigenvalue weighted by Crippen LogP contribution is 2.29. The second kappa shape index (κ2) is 8.52. The maximum atomic E-state index is 12.8. The van der Waals surface area contributed by atoms with E-state index in [0.717, 1.165) is 12.1 Å². The van der Waals surface area contributed by atoms with Crippen molar-refractivity contribution < 1.29 is 31.9 Å². The minimum Gasteiger partial charge on any atom is -0.481 e. The maximum absolute atomic E-state index is 12.8. The molecular formula is C18H16F4N2O3. The molecule has 0 aliphatic heterocycles. The quantitative estimate of drug-likeness (QED) is 0.615. The van der Waals surface area contributed by atoms with Crippen LogP contribution in [0.5, 0.6) is 5.75 Å². The van der Waals surface area contributed by atoms with Crippen molar-refractivity contribution in [2.75, 3.05) is 0 Å². The van der Waals surface area contributed by atoms with E-state index in [-0.39, 0.29) is 12.2 Å². The van der Waals surface area contributed by atoms with Gasteiger partial charge in [-0.25, -0.2) is 4.39 Å². The number of halogens is 4. The second-order valence-corrected chi connectivity index (χ2v) is 5.62. The summed E-state index contributed by atoms with van der Waals surface area (Å²) in [5, 5.41) is 0. The predicted octanol–water partition coefficient (Wildman–Crippen LogP) is 3.00. The Morgan fingerprint density at radius 3 is 2.15 bits per heavy atom. The summed E-state index contributed by atoms with van der Waals surface area (Å²) < 4.78 is 55.6. The van der Waals surface area contributed by atoms with E-state index in [2.05, 4.69) is 10.9 Å². The first-order valence-electron chi connectivity index (χ1n) is 7.82. The molecule has 9 heteroatoms. The number of nitrogens with one attached hydrogen (secondary N) is 2. The van der Waals surface area contributed by atoms with Crippen LogP contribution in [-0.2, 0) is 22.2 Å². The average molecular weight is 384 g/mol. The van der Waals surface area contributed by atoms with Crippen molar-refractivity contribution >= 4 is 11.8 Å². The first-order chi connectivity index (χ1) is 12.6. The van der Waals surface area contributed by atoms with Crippen LogP contribution in [0, 0.1) is 5.82 Å². The van der Waals surface area contributed by atoms with Gasteiger partial charge in [0.25, 0.3) is 5.91 Å². The number of carbonyl (C=O) groups is 2. The molecule has 2 rings (SSSR count). The Morgan fingerprint density at radius 2 is 1.59 bits per heavy atom. The lowest BCUT2D eigenvalue weighted by atomic mass is 10.1. The van der Waals surface area contributed by atoms with Crippen molar-refractivity contribution in [3.63, 3.8) is 0 Å². The lowest BCUT2D eigenvalue weighted by molar-refractivity contribution is -0.137. The van der Waals surface area contributed by atoms with E-state index >= 15 is 0 Å². The van der Waals surface area contributed by atoms with Gasteiger partial charge in [-0.05, 0) is 48.9 Å². The number of hydrogen-bond acceptors (Lipinski definition) is 3. The van der Waals surface area contributed by atoms with Crippen LogP contribution in [0.1, 0.15) is 18.1 Å². The number of hydrogen-bond donors (Lipinski definition) is 2. The molecule has 0 aromatic heterocycles. The summed E-state index contributed by atoms with van der Waals surface area (Å²) in [5.74, 6) is -1.44. The Kier molecular flexibility index (Phi) is 6.38. The second-order valence-electron chi connectivity index (χ2n) is 5.62. The summed E-state index contributed by atoms with van der Waals surface area (Å²) in [5.41, 5.74) is 3.84. The number of rotatable bonds is 5. The van der Waals surface area contributed by atoms with E-state index < -0.39 is 35.5 Å². The molecule has 27 heavy (non-hydrogen) atoms. The molecule has 2 N–H and O–H groups in total. The van der Waals surface area contributed by atoms with E-state index in [1.165, 1.54) is 43.3 Å². The summed E-state index contributed by atoms with van der Waals surface area (Å²) in [6, 6.07) is 9.16. The van der Waals surface area contributed by atoms with Crippen LogP contribution in [0.25, 0.3) is 0 Å². The first-order valence-corrected chi connectivity index (χ1v) is 7.82. The average Bonchev–Trinajstić information content (AvgIpc) is 2.61. The molecule has 2 aromatic carbocycles. The van der Waals surface area contributed by atoms with Gasteiger partial charge in [-0.1, -0.05) is 12.1 Å². The smallest absolute Gasteiger partial charge is 0.416 e. The summed E-state index contributed by atoms with van der Waals surface area (Å²) in [6.07, 6.45) is -5.64. The minimum atomic E-state index is -4.45. The molecule has 144 valence electrons. The topological polar surface area (TPSA) is 67.4 Å². The Bertz CT molecular complexity index is 790. The highest BCUT2D eigenvalue weighted by atomic mass is 19.4. The van der Waals surface area contributed by atoms with Crippen molar-refractivity contribution in [3.8, 4) is 5.75 Å². The van der Waals surface area contributed by atoms with E-state index in [1.54, 1.807) is 0 Å². The van der Waals surface area contributed by atoms with E-state index in [9.17, 15) is 27.2 Å². The predicted molar refractivity (Wildman–Crippen MR) is 87.9 cm³/mol. The van der Waals surface area contributed by atoms with Crippen molar-refractivity contribution in [1.29, 1.82) is 0 Å². The van der Waals surface area contributed by atoms with Crippen LogP contribution >= 0.6 is 0 Å². The van der Waals surface area contributed by atoms with Gasteiger partial charge in [-0.2, -0.15) is 13.2 Å². The van der Waals surface area contributed by atoms with E-state index in [4.69, 9.17) is 4.74 Å². The minimum absolute atomic E-state index is 0.217. The molecule has 0 heterocycles. The molecule has 0 bridgehead atoms. The SMILES string of the molecule is CC(Oc1ccc(F)cc1)C(=O)NNC(=O)Cc1ccc(C(F)(F)F)cc1. The largest absolute Gasteiger partial charge is 0.481 e. The number of amides is 2. The lowest BCUT2D eigenvalue weighted by Crippen LogP contribution is -2.47. The highest BCUT2D eigenvalue weighted by Gasteiger charge is 2.30. The third-order valence-corrected chi connectivity index (χ3v) is 3.47. The van der Waals surface area contributed by atoms with Crippen molar-refractivity contribution in [2.24, 2.45) is 0 Å². The van der Waals surface area contributed by atoms with E-state index in [1.807, 2.05) is 0 Å². The van der Waals surface area contributed by atoms with Gasteiger partial charge >= 0.3 is 6.18 Å². The fourth-order valence-electron chi connectivity index (χ4n) is 2.04. The number of carbonyl (C=O) groups excluding carboxylic acids is 2. The van der Waals surface area contributed by atoms with Crippen LogP contribution in [0.15, 0.2) is 48.5 Å². The lowest BCUT2D eigenvalue weighted by Gasteiger charge is -2.15.